The van der Waals surface area contributed by atoms with E-state index in [1.807, 2.05) is 0 Å². The van der Waals surface area contributed by atoms with Crippen molar-refractivity contribution in [3.05, 3.63) is 99.6 Å². The van der Waals surface area contributed by atoms with Crippen molar-refractivity contribution in [2.75, 3.05) is 18.9 Å². The zero-order valence-electron chi connectivity index (χ0n) is 17.6. The van der Waals surface area contributed by atoms with Crippen LogP contribution in [0, 0.1) is 21.8 Å². The predicted molar refractivity (Wildman–Crippen MR) is 117 cm³/mol. The summed E-state index contributed by atoms with van der Waals surface area (Å²) in [4.78, 5) is 44.0. The number of fused-ring (bicyclic) bond motifs is 2. The molecule has 3 aromatic rings. The molecule has 9 heteroatoms. The van der Waals surface area contributed by atoms with Crippen molar-refractivity contribution in [1.29, 1.82) is 0 Å². The molecule has 1 spiro atoms. The maximum Gasteiger partial charge on any atom is 0.269 e. The third kappa shape index (κ3) is 3.04. The van der Waals surface area contributed by atoms with Gasteiger partial charge in [-0.05, 0) is 42.9 Å². The van der Waals surface area contributed by atoms with Crippen LogP contribution in [0.25, 0.3) is 0 Å². The molecule has 3 heterocycles. The summed E-state index contributed by atoms with van der Waals surface area (Å²) in [6.45, 7) is 0.310. The Balaban J connectivity index is 1.71. The van der Waals surface area contributed by atoms with Crippen molar-refractivity contribution in [3.8, 4) is 0 Å². The van der Waals surface area contributed by atoms with Gasteiger partial charge in [0.1, 0.15) is 17.1 Å². The first kappa shape index (κ1) is 20.9. The van der Waals surface area contributed by atoms with Crippen LogP contribution in [0.2, 0.25) is 0 Å². The van der Waals surface area contributed by atoms with Gasteiger partial charge in [0, 0.05) is 42.0 Å². The second kappa shape index (κ2) is 7.56. The maximum absolute atomic E-state index is 14.3. The Kier molecular flexibility index (Phi) is 4.79. The van der Waals surface area contributed by atoms with E-state index in [0.717, 1.165) is 0 Å². The van der Waals surface area contributed by atoms with E-state index < -0.39 is 34.0 Å². The largest absolute Gasteiger partial charge is 0.324 e. The number of rotatable bonds is 4. The number of nitro groups is 1. The van der Waals surface area contributed by atoms with E-state index in [1.54, 1.807) is 42.3 Å². The second-order valence-electron chi connectivity index (χ2n) is 8.30. The Labute approximate surface area is 188 Å². The van der Waals surface area contributed by atoms with Gasteiger partial charge in [-0.2, -0.15) is 0 Å². The number of nitrogens with zero attached hydrogens (tertiary/aromatic N) is 3. The summed E-state index contributed by atoms with van der Waals surface area (Å²) in [7, 11) is 1.73. The highest BCUT2D eigenvalue weighted by molar-refractivity contribution is 6.11. The van der Waals surface area contributed by atoms with Crippen molar-refractivity contribution < 1.29 is 18.9 Å². The molecule has 0 radical (unpaired) electrons. The number of Topliss-reactive ketones (excluding diaryl/α,β-unsaturated/α-hetero) is 1. The number of aromatic nitrogens is 1. The van der Waals surface area contributed by atoms with Crippen molar-refractivity contribution in [3.63, 3.8) is 0 Å². The molecule has 0 bridgehead atoms. The van der Waals surface area contributed by atoms with Crippen molar-refractivity contribution >= 4 is 23.1 Å². The Morgan fingerprint density at radius 3 is 2.64 bits per heavy atom. The van der Waals surface area contributed by atoms with Crippen LogP contribution in [0.5, 0.6) is 0 Å². The highest BCUT2D eigenvalue weighted by atomic mass is 19.1. The molecule has 2 aromatic carbocycles. The molecule has 2 aliphatic heterocycles. The zero-order valence-corrected chi connectivity index (χ0v) is 17.6. The van der Waals surface area contributed by atoms with Crippen LogP contribution < -0.4 is 5.32 Å². The fraction of sp³-hybridized carbons (Fsp3) is 0.208. The molecule has 1 aromatic heterocycles. The number of amides is 1. The number of nitrogens with one attached hydrogen (secondary N) is 1. The first-order valence-corrected chi connectivity index (χ1v) is 10.4. The number of carbonyl (C=O) groups is 2. The zero-order chi connectivity index (χ0) is 23.3. The number of likely N-dealkylation sites (tertiary alicyclic amines) is 1. The minimum Gasteiger partial charge on any atom is -0.324 e. The summed E-state index contributed by atoms with van der Waals surface area (Å²) in [6, 6.07) is 15.0. The number of ketones is 1. The standard InChI is InChI=1S/C24H19FN4O4/c1-28-13-17(14-5-8-16(9-6-14)29(32)33)21(22(30)20-4-2-3-11-26-20)24(28)18-12-15(25)7-10-19(18)27-23(24)31/h2-12,17,21H,13H2,1H3,(H,27,31)/t17-,21?,24-/m1/s1. The molecule has 166 valence electrons. The van der Waals surface area contributed by atoms with Crippen molar-refractivity contribution in [1.82, 2.24) is 9.88 Å². The molecule has 1 saturated heterocycles. The lowest BCUT2D eigenvalue weighted by Gasteiger charge is -2.35. The van der Waals surface area contributed by atoms with Crippen LogP contribution in [0.1, 0.15) is 27.5 Å². The predicted octanol–water partition coefficient (Wildman–Crippen LogP) is 3.50. The summed E-state index contributed by atoms with van der Waals surface area (Å²) in [5.74, 6) is -2.69. The van der Waals surface area contributed by atoms with E-state index in [4.69, 9.17) is 0 Å². The Morgan fingerprint density at radius 1 is 1.21 bits per heavy atom. The third-order valence-corrected chi connectivity index (χ3v) is 6.64. The number of carbonyl (C=O) groups excluding carboxylic acids is 2. The molecule has 1 unspecified atom stereocenters. The molecule has 8 nitrogen and oxygen atoms in total. The highest BCUT2D eigenvalue weighted by Crippen LogP contribution is 2.55. The average Bonchev–Trinajstić information content (AvgIpc) is 3.29. The molecule has 0 aliphatic carbocycles. The number of hydrogen-bond acceptors (Lipinski definition) is 6. The second-order valence-corrected chi connectivity index (χ2v) is 8.30. The summed E-state index contributed by atoms with van der Waals surface area (Å²) in [6.07, 6.45) is 1.50. The number of likely N-dealkylation sites (N-methyl/N-ethyl adjacent to an activating group) is 1. The van der Waals surface area contributed by atoms with Gasteiger partial charge in [0.25, 0.3) is 5.69 Å². The summed E-state index contributed by atoms with van der Waals surface area (Å²) in [5.41, 5.74) is 0.208. The molecule has 1 amide bonds. The minimum absolute atomic E-state index is 0.0709. The lowest BCUT2D eigenvalue weighted by Crippen LogP contribution is -2.51. The van der Waals surface area contributed by atoms with E-state index in [-0.39, 0.29) is 17.2 Å². The molecule has 0 saturated carbocycles. The van der Waals surface area contributed by atoms with Crippen molar-refractivity contribution in [2.45, 2.75) is 11.5 Å². The van der Waals surface area contributed by atoms with E-state index in [0.29, 0.717) is 23.4 Å². The van der Waals surface area contributed by atoms with Gasteiger partial charge in [0.15, 0.2) is 5.78 Å². The minimum atomic E-state index is -1.45. The maximum atomic E-state index is 14.3. The number of nitro benzene ring substituents is 1. The van der Waals surface area contributed by atoms with E-state index >= 15 is 0 Å². The van der Waals surface area contributed by atoms with Gasteiger partial charge in [-0.1, -0.05) is 18.2 Å². The normalized spacial score (nSPS) is 24.0. The van der Waals surface area contributed by atoms with Crippen molar-refractivity contribution in [2.24, 2.45) is 5.92 Å². The molecular formula is C24H19FN4O4. The molecule has 33 heavy (non-hydrogen) atoms. The molecule has 1 N–H and O–H groups in total. The topological polar surface area (TPSA) is 105 Å². The molecule has 2 aliphatic rings. The van der Waals surface area contributed by atoms with E-state index in [9.17, 15) is 24.1 Å². The quantitative estimate of drug-likeness (QED) is 0.374. The number of hydrogen-bond donors (Lipinski definition) is 1. The van der Waals surface area contributed by atoms with Gasteiger partial charge in [-0.25, -0.2) is 4.39 Å². The smallest absolute Gasteiger partial charge is 0.269 e. The van der Waals surface area contributed by atoms with Crippen LogP contribution in [-0.2, 0) is 10.3 Å². The fourth-order valence-electron chi connectivity index (χ4n) is 5.22. The number of halogens is 1. The first-order chi connectivity index (χ1) is 15.8. The average molecular weight is 446 g/mol. The number of non-ortho nitro benzene ring substituents is 1. The van der Waals surface area contributed by atoms with Crippen LogP contribution in [0.3, 0.4) is 0 Å². The first-order valence-electron chi connectivity index (χ1n) is 10.4. The third-order valence-electron chi connectivity index (χ3n) is 6.64. The number of pyridine rings is 1. The van der Waals surface area contributed by atoms with Crippen LogP contribution in [-0.4, -0.2) is 40.1 Å². The van der Waals surface area contributed by atoms with Gasteiger partial charge >= 0.3 is 0 Å². The Bertz CT molecular complexity index is 1280. The lowest BCUT2D eigenvalue weighted by atomic mass is 9.71. The molecular weight excluding hydrogens is 427 g/mol. The number of benzene rings is 2. The highest BCUT2D eigenvalue weighted by Gasteiger charge is 2.64. The monoisotopic (exact) mass is 446 g/mol. The molecule has 5 rings (SSSR count). The van der Waals surface area contributed by atoms with E-state index in [2.05, 4.69) is 10.3 Å². The Hall–Kier alpha value is -3.98. The van der Waals surface area contributed by atoms with Gasteiger partial charge in [0.05, 0.1) is 10.8 Å². The summed E-state index contributed by atoms with van der Waals surface area (Å²) in [5, 5.41) is 13.9. The van der Waals surface area contributed by atoms with Gasteiger partial charge < -0.3 is 5.32 Å². The van der Waals surface area contributed by atoms with Gasteiger partial charge in [-0.3, -0.25) is 29.6 Å². The molecule has 1 fully saturated rings. The number of anilines is 1. The lowest BCUT2D eigenvalue weighted by molar-refractivity contribution is -0.384. The molecule has 3 atom stereocenters. The van der Waals surface area contributed by atoms with E-state index in [1.165, 1.54) is 36.5 Å². The van der Waals surface area contributed by atoms with Crippen LogP contribution in [0.15, 0.2) is 66.9 Å². The fourth-order valence-corrected chi connectivity index (χ4v) is 5.22. The SMILES string of the molecule is CN1C[C@H](c2ccc([N+](=O)[O-])cc2)C(C(=O)c2ccccn2)[C@]12C(=O)Nc1ccc(F)cc12. The summed E-state index contributed by atoms with van der Waals surface area (Å²) < 4.78 is 14.3. The van der Waals surface area contributed by atoms with Gasteiger partial charge in [0.2, 0.25) is 5.91 Å². The van der Waals surface area contributed by atoms with Gasteiger partial charge in [-0.15, -0.1) is 0 Å². The summed E-state index contributed by atoms with van der Waals surface area (Å²) >= 11 is 0. The van der Waals surface area contributed by atoms with Crippen LogP contribution >= 0.6 is 0 Å². The van der Waals surface area contributed by atoms with Crippen LogP contribution in [0.4, 0.5) is 15.8 Å². The Morgan fingerprint density at radius 2 is 1.97 bits per heavy atom.